The molecule has 1 aliphatic heterocycles. The van der Waals surface area contributed by atoms with Crippen molar-refractivity contribution in [1.82, 2.24) is 9.62 Å². The normalized spacial score (nSPS) is 16.1. The van der Waals surface area contributed by atoms with Crippen molar-refractivity contribution < 1.29 is 17.9 Å². The Kier molecular flexibility index (Phi) is 8.42. The number of carbonyl (C=O) groups excluding carboxylic acids is 1. The smallest absolute Gasteiger partial charge is 0.242 e. The highest BCUT2D eigenvalue weighted by atomic mass is 32.2. The second kappa shape index (κ2) is 11.0. The van der Waals surface area contributed by atoms with Crippen LogP contribution in [0.25, 0.3) is 0 Å². The SMILES string of the molecule is Cc1ccc(S(=O)(=O)NC(CC(C)C)C(=O)Nc2cccc(CN3CCOCC3)c2)cc1. The van der Waals surface area contributed by atoms with Gasteiger partial charge < -0.3 is 10.1 Å². The number of anilines is 1. The zero-order chi connectivity index (χ0) is 23.1. The first-order valence-corrected chi connectivity index (χ1v) is 12.5. The number of carbonyl (C=O) groups is 1. The minimum absolute atomic E-state index is 0.138. The van der Waals surface area contributed by atoms with Crippen molar-refractivity contribution in [2.75, 3.05) is 31.6 Å². The molecule has 0 aromatic heterocycles. The van der Waals surface area contributed by atoms with Crippen molar-refractivity contribution in [2.45, 2.75) is 44.7 Å². The van der Waals surface area contributed by atoms with Gasteiger partial charge in [-0.2, -0.15) is 4.72 Å². The Morgan fingerprint density at radius 1 is 1.09 bits per heavy atom. The van der Waals surface area contributed by atoms with Crippen LogP contribution in [0.4, 0.5) is 5.69 Å². The molecule has 1 amide bonds. The predicted molar refractivity (Wildman–Crippen MR) is 126 cm³/mol. The molecule has 1 saturated heterocycles. The molecular formula is C24H33N3O4S. The van der Waals surface area contributed by atoms with E-state index in [-0.39, 0.29) is 16.7 Å². The molecule has 174 valence electrons. The molecule has 8 heteroatoms. The number of morpholine rings is 1. The maximum Gasteiger partial charge on any atom is 0.242 e. The van der Waals surface area contributed by atoms with Crippen molar-refractivity contribution in [3.8, 4) is 0 Å². The molecule has 1 heterocycles. The molecule has 7 nitrogen and oxygen atoms in total. The van der Waals surface area contributed by atoms with E-state index >= 15 is 0 Å². The van der Waals surface area contributed by atoms with E-state index in [1.807, 2.05) is 45.0 Å². The van der Waals surface area contributed by atoms with E-state index in [1.165, 1.54) is 0 Å². The Morgan fingerprint density at radius 3 is 2.44 bits per heavy atom. The lowest BCUT2D eigenvalue weighted by molar-refractivity contribution is -0.118. The monoisotopic (exact) mass is 459 g/mol. The average molecular weight is 460 g/mol. The summed E-state index contributed by atoms with van der Waals surface area (Å²) >= 11 is 0. The van der Waals surface area contributed by atoms with Gasteiger partial charge in [0.05, 0.1) is 18.1 Å². The van der Waals surface area contributed by atoms with Crippen LogP contribution in [-0.2, 0) is 26.1 Å². The first-order valence-electron chi connectivity index (χ1n) is 11.0. The highest BCUT2D eigenvalue weighted by molar-refractivity contribution is 7.89. The molecule has 0 spiro atoms. The summed E-state index contributed by atoms with van der Waals surface area (Å²) in [5.41, 5.74) is 2.71. The van der Waals surface area contributed by atoms with Gasteiger partial charge in [0, 0.05) is 25.3 Å². The number of amides is 1. The standard InChI is InChI=1S/C24H33N3O4S/c1-18(2)15-23(26-32(29,30)22-9-7-19(3)8-10-22)24(28)25-21-6-4-5-20(16-21)17-27-11-13-31-14-12-27/h4-10,16,18,23,26H,11-15,17H2,1-3H3,(H,25,28). The lowest BCUT2D eigenvalue weighted by Crippen LogP contribution is -2.44. The number of aryl methyl sites for hydroxylation is 1. The molecule has 32 heavy (non-hydrogen) atoms. The number of sulfonamides is 1. The third kappa shape index (κ3) is 7.13. The van der Waals surface area contributed by atoms with Gasteiger partial charge in [-0.25, -0.2) is 8.42 Å². The van der Waals surface area contributed by atoms with Crippen molar-refractivity contribution in [1.29, 1.82) is 0 Å². The fourth-order valence-electron chi connectivity index (χ4n) is 3.65. The van der Waals surface area contributed by atoms with Crippen LogP contribution in [0, 0.1) is 12.8 Å². The highest BCUT2D eigenvalue weighted by Gasteiger charge is 2.26. The van der Waals surface area contributed by atoms with Crippen molar-refractivity contribution >= 4 is 21.6 Å². The number of rotatable bonds is 9. The van der Waals surface area contributed by atoms with Gasteiger partial charge in [-0.1, -0.05) is 43.7 Å². The first-order chi connectivity index (χ1) is 15.2. The molecular weight excluding hydrogens is 426 g/mol. The second-order valence-corrected chi connectivity index (χ2v) is 10.4. The summed E-state index contributed by atoms with van der Waals surface area (Å²) in [6, 6.07) is 13.4. The predicted octanol–water partition coefficient (Wildman–Crippen LogP) is 3.16. The number of benzene rings is 2. The molecule has 0 radical (unpaired) electrons. The number of hydrogen-bond acceptors (Lipinski definition) is 5. The first kappa shape index (κ1) is 24.4. The van der Waals surface area contributed by atoms with Crippen LogP contribution in [-0.4, -0.2) is 51.6 Å². The summed E-state index contributed by atoms with van der Waals surface area (Å²) < 4.78 is 33.7. The van der Waals surface area contributed by atoms with Gasteiger partial charge in [-0.15, -0.1) is 0 Å². The molecule has 1 unspecified atom stereocenters. The third-order valence-corrected chi connectivity index (χ3v) is 6.84. The van der Waals surface area contributed by atoms with E-state index in [1.54, 1.807) is 24.3 Å². The van der Waals surface area contributed by atoms with E-state index in [0.29, 0.717) is 12.1 Å². The fraction of sp³-hybridized carbons (Fsp3) is 0.458. The lowest BCUT2D eigenvalue weighted by atomic mass is 10.0. The van der Waals surface area contributed by atoms with Crippen LogP contribution in [0.15, 0.2) is 53.4 Å². The Bertz CT molecular complexity index is 1000. The van der Waals surface area contributed by atoms with Gasteiger partial charge in [-0.3, -0.25) is 9.69 Å². The van der Waals surface area contributed by atoms with E-state index in [4.69, 9.17) is 4.74 Å². The van der Waals surface area contributed by atoms with Gasteiger partial charge in [0.1, 0.15) is 6.04 Å². The van der Waals surface area contributed by atoms with Crippen LogP contribution in [0.2, 0.25) is 0 Å². The van der Waals surface area contributed by atoms with E-state index < -0.39 is 16.1 Å². The van der Waals surface area contributed by atoms with Crippen molar-refractivity contribution in [3.05, 3.63) is 59.7 Å². The third-order valence-electron chi connectivity index (χ3n) is 5.36. The summed E-state index contributed by atoms with van der Waals surface area (Å²) in [4.78, 5) is 15.5. The molecule has 3 rings (SSSR count). The minimum Gasteiger partial charge on any atom is -0.379 e. The topological polar surface area (TPSA) is 87.7 Å². The minimum atomic E-state index is -3.82. The fourth-order valence-corrected chi connectivity index (χ4v) is 4.86. The zero-order valence-corrected chi connectivity index (χ0v) is 19.8. The summed E-state index contributed by atoms with van der Waals surface area (Å²) in [5.74, 6) is -0.225. The molecule has 1 aliphatic rings. The molecule has 1 atom stereocenters. The summed E-state index contributed by atoms with van der Waals surface area (Å²) in [7, 11) is -3.82. The van der Waals surface area contributed by atoms with Crippen LogP contribution in [0.3, 0.4) is 0 Å². The lowest BCUT2D eigenvalue weighted by Gasteiger charge is -2.26. The number of ether oxygens (including phenoxy) is 1. The molecule has 2 N–H and O–H groups in total. The zero-order valence-electron chi connectivity index (χ0n) is 19.0. The maximum atomic E-state index is 13.0. The average Bonchev–Trinajstić information content (AvgIpc) is 2.74. The van der Waals surface area contributed by atoms with Crippen LogP contribution in [0.5, 0.6) is 0 Å². The van der Waals surface area contributed by atoms with Crippen molar-refractivity contribution in [2.24, 2.45) is 5.92 Å². The van der Waals surface area contributed by atoms with E-state index in [2.05, 4.69) is 14.9 Å². The largest absolute Gasteiger partial charge is 0.379 e. The Hall–Kier alpha value is -2.26. The van der Waals surface area contributed by atoms with Crippen molar-refractivity contribution in [3.63, 3.8) is 0 Å². The Balaban J connectivity index is 1.70. The number of nitrogens with zero attached hydrogens (tertiary/aromatic N) is 1. The summed E-state index contributed by atoms with van der Waals surface area (Å²) in [6.07, 6.45) is 0.393. The van der Waals surface area contributed by atoms with Gasteiger partial charge in [0.15, 0.2) is 0 Å². The Morgan fingerprint density at radius 2 is 1.78 bits per heavy atom. The Labute approximate surface area is 191 Å². The molecule has 2 aromatic rings. The quantitative estimate of drug-likeness (QED) is 0.601. The molecule has 2 aromatic carbocycles. The highest BCUT2D eigenvalue weighted by Crippen LogP contribution is 2.17. The number of nitrogens with one attached hydrogen (secondary N) is 2. The summed E-state index contributed by atoms with van der Waals surface area (Å²) in [5, 5.41) is 2.90. The molecule has 0 aliphatic carbocycles. The van der Waals surface area contributed by atoms with Gasteiger partial charge >= 0.3 is 0 Å². The van der Waals surface area contributed by atoms with E-state index in [0.717, 1.165) is 44.0 Å². The second-order valence-electron chi connectivity index (χ2n) is 8.69. The molecule has 0 saturated carbocycles. The molecule has 1 fully saturated rings. The van der Waals surface area contributed by atoms with Crippen LogP contribution in [0.1, 0.15) is 31.4 Å². The molecule has 0 bridgehead atoms. The van der Waals surface area contributed by atoms with Crippen LogP contribution < -0.4 is 10.0 Å². The van der Waals surface area contributed by atoms with Crippen LogP contribution >= 0.6 is 0 Å². The number of hydrogen-bond donors (Lipinski definition) is 2. The summed E-state index contributed by atoms with van der Waals surface area (Å²) in [6.45, 7) is 9.83. The van der Waals surface area contributed by atoms with E-state index in [9.17, 15) is 13.2 Å². The van der Waals surface area contributed by atoms with Gasteiger partial charge in [-0.05, 0) is 49.1 Å². The maximum absolute atomic E-state index is 13.0. The van der Waals surface area contributed by atoms with Gasteiger partial charge in [0.25, 0.3) is 0 Å². The van der Waals surface area contributed by atoms with Gasteiger partial charge in [0.2, 0.25) is 15.9 Å².